The van der Waals surface area contributed by atoms with Crippen molar-refractivity contribution in [2.45, 2.75) is 18.1 Å². The molecule has 1 atom stereocenters. The van der Waals surface area contributed by atoms with E-state index in [2.05, 4.69) is 4.98 Å². The number of nitrogens with two attached hydrogens (primary N) is 1. The summed E-state index contributed by atoms with van der Waals surface area (Å²) in [6.45, 7) is 1.78. The number of aromatic nitrogens is 1. The van der Waals surface area contributed by atoms with Crippen molar-refractivity contribution in [3.8, 4) is 0 Å². The lowest BCUT2D eigenvalue weighted by Crippen LogP contribution is -2.21. The van der Waals surface area contributed by atoms with Crippen LogP contribution >= 0.6 is 11.8 Å². The lowest BCUT2D eigenvalue weighted by Gasteiger charge is -2.09. The van der Waals surface area contributed by atoms with Crippen LogP contribution in [0.2, 0.25) is 0 Å². The largest absolute Gasteiger partial charge is 0.417 e. The molecule has 1 aromatic rings. The van der Waals surface area contributed by atoms with Crippen molar-refractivity contribution in [1.82, 2.24) is 4.98 Å². The van der Waals surface area contributed by atoms with Gasteiger partial charge in [0.15, 0.2) is 0 Å². The van der Waals surface area contributed by atoms with Crippen LogP contribution in [-0.2, 0) is 6.18 Å². The zero-order valence-electron chi connectivity index (χ0n) is 9.08. The minimum absolute atomic E-state index is 0.0596. The molecule has 0 aliphatic carbocycles. The molecule has 0 bridgehead atoms. The smallest absolute Gasteiger partial charge is 0.387 e. The fraction of sp³-hybridized carbons (Fsp3) is 0.400. The maximum absolute atomic E-state index is 12.2. The van der Waals surface area contributed by atoms with Crippen molar-refractivity contribution in [1.29, 1.82) is 5.41 Å². The van der Waals surface area contributed by atoms with Gasteiger partial charge >= 0.3 is 6.18 Å². The first kappa shape index (κ1) is 13.8. The molecule has 3 N–H and O–H groups in total. The second kappa shape index (κ2) is 5.39. The molecule has 94 valence electrons. The summed E-state index contributed by atoms with van der Waals surface area (Å²) in [4.78, 5) is 3.71. The van der Waals surface area contributed by atoms with Gasteiger partial charge in [-0.3, -0.25) is 5.41 Å². The molecule has 0 aromatic carbocycles. The highest BCUT2D eigenvalue weighted by Crippen LogP contribution is 2.29. The highest BCUT2D eigenvalue weighted by atomic mass is 32.2. The van der Waals surface area contributed by atoms with Crippen molar-refractivity contribution in [2.75, 3.05) is 5.75 Å². The van der Waals surface area contributed by atoms with Gasteiger partial charge in [0, 0.05) is 17.9 Å². The van der Waals surface area contributed by atoms with Crippen LogP contribution in [0, 0.1) is 11.3 Å². The summed E-state index contributed by atoms with van der Waals surface area (Å²) in [5.41, 5.74) is 4.52. The molecule has 0 aliphatic rings. The second-order valence-electron chi connectivity index (χ2n) is 3.55. The van der Waals surface area contributed by atoms with Gasteiger partial charge in [-0.2, -0.15) is 13.2 Å². The topological polar surface area (TPSA) is 62.8 Å². The zero-order chi connectivity index (χ0) is 13.1. The number of pyridine rings is 1. The van der Waals surface area contributed by atoms with E-state index in [9.17, 15) is 13.2 Å². The third-order valence-corrected chi connectivity index (χ3v) is 3.28. The molecule has 7 heteroatoms. The SMILES string of the molecule is CC(CSc1ccc(C(F)(F)F)cn1)C(=N)N. The predicted molar refractivity (Wildman–Crippen MR) is 61.0 cm³/mol. The number of hydrogen-bond donors (Lipinski definition) is 2. The Morgan fingerprint density at radius 3 is 2.59 bits per heavy atom. The molecule has 0 fully saturated rings. The van der Waals surface area contributed by atoms with E-state index in [4.69, 9.17) is 11.1 Å². The molecule has 1 aromatic heterocycles. The number of nitrogens with one attached hydrogen (secondary N) is 1. The van der Waals surface area contributed by atoms with Crippen molar-refractivity contribution in [3.05, 3.63) is 23.9 Å². The predicted octanol–water partition coefficient (Wildman–Crippen LogP) is 2.76. The van der Waals surface area contributed by atoms with Crippen LogP contribution in [-0.4, -0.2) is 16.6 Å². The van der Waals surface area contributed by atoms with E-state index in [1.54, 1.807) is 6.92 Å². The molecule has 0 spiro atoms. The van der Waals surface area contributed by atoms with Crippen molar-refractivity contribution in [2.24, 2.45) is 11.7 Å². The van der Waals surface area contributed by atoms with Gasteiger partial charge in [0.25, 0.3) is 0 Å². The first-order valence-corrected chi connectivity index (χ1v) is 5.79. The van der Waals surface area contributed by atoms with Gasteiger partial charge < -0.3 is 5.73 Å². The number of nitrogens with zero attached hydrogens (tertiary/aromatic N) is 1. The third-order valence-electron chi connectivity index (χ3n) is 2.08. The molecule has 0 saturated carbocycles. The maximum atomic E-state index is 12.2. The first-order valence-electron chi connectivity index (χ1n) is 4.80. The van der Waals surface area contributed by atoms with Crippen LogP contribution in [0.3, 0.4) is 0 Å². The van der Waals surface area contributed by atoms with E-state index in [1.807, 2.05) is 0 Å². The van der Waals surface area contributed by atoms with E-state index in [0.29, 0.717) is 10.8 Å². The van der Waals surface area contributed by atoms with E-state index < -0.39 is 11.7 Å². The van der Waals surface area contributed by atoms with Gasteiger partial charge in [0.05, 0.1) is 16.4 Å². The highest BCUT2D eigenvalue weighted by molar-refractivity contribution is 7.99. The Kier molecular flexibility index (Phi) is 4.39. The number of hydrogen-bond acceptors (Lipinski definition) is 3. The number of amidine groups is 1. The zero-order valence-corrected chi connectivity index (χ0v) is 9.90. The van der Waals surface area contributed by atoms with Gasteiger partial charge in [0.2, 0.25) is 0 Å². The monoisotopic (exact) mass is 263 g/mol. The first-order chi connectivity index (χ1) is 7.80. The minimum atomic E-state index is -4.36. The van der Waals surface area contributed by atoms with E-state index in [-0.39, 0.29) is 11.8 Å². The quantitative estimate of drug-likeness (QED) is 0.499. The van der Waals surface area contributed by atoms with Crippen LogP contribution in [0.5, 0.6) is 0 Å². The molecule has 1 heterocycles. The molecule has 1 rings (SSSR count). The summed E-state index contributed by atoms with van der Waals surface area (Å²) in [6.07, 6.45) is -3.55. The summed E-state index contributed by atoms with van der Waals surface area (Å²) in [5, 5.41) is 7.67. The molecule has 0 amide bonds. The molecule has 3 nitrogen and oxygen atoms in total. The summed E-state index contributed by atoms with van der Waals surface area (Å²) in [6, 6.07) is 2.31. The summed E-state index contributed by atoms with van der Waals surface area (Å²) < 4.78 is 36.7. The summed E-state index contributed by atoms with van der Waals surface area (Å²) >= 11 is 1.28. The van der Waals surface area contributed by atoms with Crippen LogP contribution < -0.4 is 5.73 Å². The molecule has 1 unspecified atom stereocenters. The Labute approximate surface area is 101 Å². The Morgan fingerprint density at radius 1 is 1.53 bits per heavy atom. The molecular formula is C10H12F3N3S. The van der Waals surface area contributed by atoms with Gasteiger partial charge in [-0.05, 0) is 12.1 Å². The number of halogens is 3. The average molecular weight is 263 g/mol. The molecule has 0 radical (unpaired) electrons. The Hall–Kier alpha value is -1.24. The van der Waals surface area contributed by atoms with E-state index in [0.717, 1.165) is 12.3 Å². The molecule has 0 aliphatic heterocycles. The third kappa shape index (κ3) is 4.26. The number of alkyl halides is 3. The fourth-order valence-electron chi connectivity index (χ4n) is 0.934. The molecule has 17 heavy (non-hydrogen) atoms. The minimum Gasteiger partial charge on any atom is -0.387 e. The summed E-state index contributed by atoms with van der Waals surface area (Å²) in [5.74, 6) is 0.460. The van der Waals surface area contributed by atoms with Gasteiger partial charge in [-0.1, -0.05) is 6.92 Å². The summed E-state index contributed by atoms with van der Waals surface area (Å²) in [7, 11) is 0. The van der Waals surface area contributed by atoms with Crippen molar-refractivity contribution < 1.29 is 13.2 Å². The van der Waals surface area contributed by atoms with Crippen LogP contribution in [0.4, 0.5) is 13.2 Å². The Morgan fingerprint density at radius 2 is 2.18 bits per heavy atom. The second-order valence-corrected chi connectivity index (χ2v) is 4.59. The van der Waals surface area contributed by atoms with E-state index >= 15 is 0 Å². The van der Waals surface area contributed by atoms with Crippen LogP contribution in [0.1, 0.15) is 12.5 Å². The lowest BCUT2D eigenvalue weighted by molar-refractivity contribution is -0.137. The van der Waals surface area contributed by atoms with Crippen LogP contribution in [0.15, 0.2) is 23.4 Å². The van der Waals surface area contributed by atoms with Crippen LogP contribution in [0.25, 0.3) is 0 Å². The molecular weight excluding hydrogens is 251 g/mol. The van der Waals surface area contributed by atoms with E-state index in [1.165, 1.54) is 17.8 Å². The number of rotatable bonds is 4. The van der Waals surface area contributed by atoms with Gasteiger partial charge in [-0.25, -0.2) is 4.98 Å². The lowest BCUT2D eigenvalue weighted by atomic mass is 10.2. The van der Waals surface area contributed by atoms with Gasteiger partial charge in [-0.15, -0.1) is 11.8 Å². The maximum Gasteiger partial charge on any atom is 0.417 e. The van der Waals surface area contributed by atoms with Crippen molar-refractivity contribution in [3.63, 3.8) is 0 Å². The Balaban J connectivity index is 2.60. The standard InChI is InChI=1S/C10H12F3N3S/c1-6(9(14)15)5-17-8-3-2-7(4-16-8)10(11,12)13/h2-4,6H,5H2,1H3,(H3,14,15). The fourth-order valence-corrected chi connectivity index (χ4v) is 1.83. The normalized spacial score (nSPS) is 13.4. The van der Waals surface area contributed by atoms with Crippen molar-refractivity contribution >= 4 is 17.6 Å². The molecule has 0 saturated heterocycles. The highest BCUT2D eigenvalue weighted by Gasteiger charge is 2.30. The number of thioether (sulfide) groups is 1. The Bertz CT molecular complexity index is 389. The van der Waals surface area contributed by atoms with Gasteiger partial charge in [0.1, 0.15) is 0 Å². The average Bonchev–Trinajstić information content (AvgIpc) is 2.25.